The number of rotatable bonds is 4. The van der Waals surface area contributed by atoms with Gasteiger partial charge < -0.3 is 14.5 Å². The van der Waals surface area contributed by atoms with Gasteiger partial charge in [-0.2, -0.15) is 0 Å². The lowest BCUT2D eigenvalue weighted by atomic mass is 9.97. The highest BCUT2D eigenvalue weighted by Gasteiger charge is 2.29. The summed E-state index contributed by atoms with van der Waals surface area (Å²) in [6.07, 6.45) is -0.443. The number of hydrogen-bond donors (Lipinski definition) is 1. The van der Waals surface area contributed by atoms with Gasteiger partial charge in [0.15, 0.2) is 0 Å². The number of fused-ring (bicyclic) bond motifs is 1. The van der Waals surface area contributed by atoms with Crippen LogP contribution in [0.15, 0.2) is 27.5 Å². The van der Waals surface area contributed by atoms with Crippen molar-refractivity contribution in [1.82, 2.24) is 4.98 Å². The van der Waals surface area contributed by atoms with Crippen LogP contribution in [0.4, 0.5) is 0 Å². The largest absolute Gasteiger partial charge is 0.462 e. The number of H-pyrrole nitrogens is 1. The number of esters is 1. The zero-order valence-corrected chi connectivity index (χ0v) is 18.6. The molecule has 0 aliphatic rings. The molecule has 148 valence electrons. The van der Waals surface area contributed by atoms with E-state index in [1.54, 1.807) is 6.07 Å². The second-order valence-electron chi connectivity index (χ2n) is 8.77. The minimum atomic E-state index is -0.582. The molecule has 0 bridgehead atoms. The molecule has 0 saturated heterocycles. The Morgan fingerprint density at radius 3 is 2.37 bits per heavy atom. The number of benzene rings is 1. The van der Waals surface area contributed by atoms with E-state index in [0.717, 1.165) is 26.5 Å². The fourth-order valence-corrected chi connectivity index (χ4v) is 3.69. The maximum Gasteiger partial charge on any atom is 0.311 e. The number of hydrogen-bond acceptors (Lipinski definition) is 4. The van der Waals surface area contributed by atoms with Crippen LogP contribution in [0.1, 0.15) is 58.8 Å². The quantitative estimate of drug-likeness (QED) is 0.679. The summed E-state index contributed by atoms with van der Waals surface area (Å²) in [5.41, 5.74) is 1.44. The van der Waals surface area contributed by atoms with Gasteiger partial charge in [0.2, 0.25) is 5.56 Å². The molecule has 1 unspecified atom stereocenters. The first kappa shape index (κ1) is 21.6. The Kier molecular flexibility index (Phi) is 6.22. The van der Waals surface area contributed by atoms with Crippen LogP contribution in [0.2, 0.25) is 0 Å². The van der Waals surface area contributed by atoms with Gasteiger partial charge in [0.05, 0.1) is 11.0 Å². The van der Waals surface area contributed by atoms with Crippen molar-refractivity contribution in [2.24, 2.45) is 5.41 Å². The fraction of sp³-hybridized carbons (Fsp3) is 0.524. The third-order valence-electron chi connectivity index (χ3n) is 4.00. The van der Waals surface area contributed by atoms with Crippen molar-refractivity contribution < 1.29 is 14.3 Å². The molecule has 5 nitrogen and oxygen atoms in total. The van der Waals surface area contributed by atoms with Crippen LogP contribution < -0.4 is 5.56 Å². The number of aromatic amines is 1. The van der Waals surface area contributed by atoms with Crippen LogP contribution >= 0.6 is 15.9 Å². The SMILES string of the molecule is Cc1cc2[nH]c(=O)ccc2c(Br)c1C(COC(=O)C(C)(C)C)OC(C)(C)C. The molecule has 1 heterocycles. The average molecular weight is 438 g/mol. The number of carbonyl (C=O) groups is 1. The standard InChI is InChI=1S/C21H28BrNO4/c1-12-10-14-13(8-9-16(24)23-14)18(22)17(12)15(27-21(5,6)7)11-26-19(25)20(2,3)4/h8-10,15H,11H2,1-7H3,(H,23,24). The molecule has 0 aliphatic heterocycles. The first-order valence-corrected chi connectivity index (χ1v) is 9.76. The van der Waals surface area contributed by atoms with Gasteiger partial charge in [-0.3, -0.25) is 9.59 Å². The Hall–Kier alpha value is -1.66. The minimum absolute atomic E-state index is 0.113. The molecular weight excluding hydrogens is 410 g/mol. The van der Waals surface area contributed by atoms with E-state index < -0.39 is 17.1 Å². The number of pyridine rings is 1. The Morgan fingerprint density at radius 2 is 1.81 bits per heavy atom. The molecule has 1 atom stereocenters. The molecule has 2 rings (SSSR count). The summed E-state index contributed by atoms with van der Waals surface area (Å²) in [7, 11) is 0. The van der Waals surface area contributed by atoms with Gasteiger partial charge in [-0.1, -0.05) is 0 Å². The topological polar surface area (TPSA) is 68.4 Å². The van der Waals surface area contributed by atoms with Gasteiger partial charge in [-0.05, 0) is 82.1 Å². The number of aryl methyl sites for hydroxylation is 1. The van der Waals surface area contributed by atoms with Crippen LogP contribution in [0, 0.1) is 12.3 Å². The normalized spacial score (nSPS) is 13.6. The van der Waals surface area contributed by atoms with E-state index in [4.69, 9.17) is 9.47 Å². The summed E-state index contributed by atoms with van der Waals surface area (Å²) < 4.78 is 12.6. The minimum Gasteiger partial charge on any atom is -0.462 e. The first-order chi connectivity index (χ1) is 12.3. The van der Waals surface area contributed by atoms with E-state index in [1.807, 2.05) is 54.5 Å². The molecule has 0 radical (unpaired) electrons. The highest BCUT2D eigenvalue weighted by molar-refractivity contribution is 9.10. The van der Waals surface area contributed by atoms with Crippen LogP contribution in [0.25, 0.3) is 10.9 Å². The molecule has 0 saturated carbocycles. The van der Waals surface area contributed by atoms with Crippen molar-refractivity contribution in [3.63, 3.8) is 0 Å². The van der Waals surface area contributed by atoms with Crippen molar-refractivity contribution in [3.8, 4) is 0 Å². The lowest BCUT2D eigenvalue weighted by molar-refractivity contribution is -0.162. The molecule has 1 N–H and O–H groups in total. The molecule has 6 heteroatoms. The summed E-state index contributed by atoms with van der Waals surface area (Å²) in [6.45, 7) is 13.4. The zero-order valence-electron chi connectivity index (χ0n) is 17.0. The molecule has 0 fully saturated rings. The number of aromatic nitrogens is 1. The fourth-order valence-electron chi connectivity index (χ4n) is 2.77. The van der Waals surface area contributed by atoms with E-state index in [0.29, 0.717) is 0 Å². The molecule has 1 aromatic heterocycles. The maximum absolute atomic E-state index is 12.3. The van der Waals surface area contributed by atoms with Gasteiger partial charge >= 0.3 is 5.97 Å². The van der Waals surface area contributed by atoms with Gasteiger partial charge in [0.1, 0.15) is 12.7 Å². The van der Waals surface area contributed by atoms with Crippen molar-refractivity contribution >= 4 is 32.8 Å². The average Bonchev–Trinajstić information content (AvgIpc) is 2.49. The zero-order chi connectivity index (χ0) is 20.6. The summed E-state index contributed by atoms with van der Waals surface area (Å²) in [6, 6.07) is 5.18. The molecule has 1 aromatic carbocycles. The number of carbonyl (C=O) groups excluding carboxylic acids is 1. The lowest BCUT2D eigenvalue weighted by Crippen LogP contribution is -2.30. The summed E-state index contributed by atoms with van der Waals surface area (Å²) in [5.74, 6) is -0.274. The van der Waals surface area contributed by atoms with Gasteiger partial charge in [-0.15, -0.1) is 0 Å². The van der Waals surface area contributed by atoms with E-state index in [9.17, 15) is 9.59 Å². The Balaban J connectivity index is 2.50. The second-order valence-corrected chi connectivity index (χ2v) is 9.57. The first-order valence-electron chi connectivity index (χ1n) is 8.96. The monoisotopic (exact) mass is 437 g/mol. The van der Waals surface area contributed by atoms with Crippen LogP contribution in [0.5, 0.6) is 0 Å². The van der Waals surface area contributed by atoms with Gasteiger partial charge in [-0.25, -0.2) is 0 Å². The predicted molar refractivity (Wildman–Crippen MR) is 111 cm³/mol. The summed E-state index contributed by atoms with van der Waals surface area (Å²) in [4.78, 5) is 26.7. The van der Waals surface area contributed by atoms with Crippen molar-refractivity contribution in [2.75, 3.05) is 6.61 Å². The van der Waals surface area contributed by atoms with Crippen LogP contribution in [0.3, 0.4) is 0 Å². The highest BCUT2D eigenvalue weighted by atomic mass is 79.9. The summed E-state index contributed by atoms with van der Waals surface area (Å²) >= 11 is 3.67. The number of nitrogens with one attached hydrogen (secondary N) is 1. The molecular formula is C21H28BrNO4. The molecule has 2 aromatic rings. The second kappa shape index (κ2) is 7.76. The molecule has 0 amide bonds. The van der Waals surface area contributed by atoms with E-state index in [2.05, 4.69) is 20.9 Å². The number of halogens is 1. The third kappa shape index (κ3) is 5.42. The maximum atomic E-state index is 12.3. The van der Waals surface area contributed by atoms with Crippen LogP contribution in [-0.4, -0.2) is 23.2 Å². The van der Waals surface area contributed by atoms with Crippen molar-refractivity contribution in [2.45, 2.75) is 60.2 Å². The highest BCUT2D eigenvalue weighted by Crippen LogP contribution is 2.37. The Bertz CT molecular complexity index is 903. The van der Waals surface area contributed by atoms with E-state index in [1.165, 1.54) is 6.07 Å². The van der Waals surface area contributed by atoms with Crippen molar-refractivity contribution in [3.05, 3.63) is 44.2 Å². The smallest absolute Gasteiger partial charge is 0.311 e. The number of ether oxygens (including phenoxy) is 2. The third-order valence-corrected chi connectivity index (χ3v) is 4.86. The molecule has 27 heavy (non-hydrogen) atoms. The van der Waals surface area contributed by atoms with Gasteiger partial charge in [0.25, 0.3) is 0 Å². The Labute approximate surface area is 168 Å². The summed E-state index contributed by atoms with van der Waals surface area (Å²) in [5, 5.41) is 0.875. The van der Waals surface area contributed by atoms with E-state index >= 15 is 0 Å². The Morgan fingerprint density at radius 1 is 1.19 bits per heavy atom. The van der Waals surface area contributed by atoms with Gasteiger partial charge in [0, 0.05) is 27.0 Å². The lowest BCUT2D eigenvalue weighted by Gasteiger charge is -2.30. The molecule has 0 spiro atoms. The van der Waals surface area contributed by atoms with Crippen LogP contribution in [-0.2, 0) is 14.3 Å². The molecule has 0 aliphatic carbocycles. The predicted octanol–water partition coefficient (Wildman–Crippen LogP) is 5.04. The van der Waals surface area contributed by atoms with Crippen molar-refractivity contribution in [1.29, 1.82) is 0 Å². The van der Waals surface area contributed by atoms with E-state index in [-0.39, 0.29) is 18.1 Å².